The van der Waals surface area contributed by atoms with Crippen molar-refractivity contribution in [1.82, 2.24) is 14.5 Å². The van der Waals surface area contributed by atoms with Crippen LogP contribution in [0.15, 0.2) is 67.0 Å². The van der Waals surface area contributed by atoms with Crippen molar-refractivity contribution in [2.45, 2.75) is 38.9 Å². The molecule has 1 amide bonds. The van der Waals surface area contributed by atoms with Gasteiger partial charge in [-0.3, -0.25) is 10.2 Å². The predicted molar refractivity (Wildman–Crippen MR) is 143 cm³/mol. The van der Waals surface area contributed by atoms with Gasteiger partial charge in [-0.05, 0) is 90.0 Å². The van der Waals surface area contributed by atoms with Crippen molar-refractivity contribution < 1.29 is 18.7 Å². The molecule has 5 rings (SSSR count). The number of methoxy groups -OCH3 is 2. The van der Waals surface area contributed by atoms with Gasteiger partial charge in [-0.2, -0.15) is 0 Å². The van der Waals surface area contributed by atoms with E-state index in [1.54, 1.807) is 26.4 Å². The summed E-state index contributed by atoms with van der Waals surface area (Å²) in [6, 6.07) is 16.2. The summed E-state index contributed by atoms with van der Waals surface area (Å²) in [4.78, 5) is 13.3. The maximum absolute atomic E-state index is 13.8. The molecule has 196 valence electrons. The number of benzene rings is 3. The highest BCUT2D eigenvalue weighted by atomic mass is 19.1. The molecule has 0 radical (unpaired) electrons. The molecule has 0 aliphatic heterocycles. The number of imidazole rings is 1. The number of carbonyl (C=O) groups is 1. The van der Waals surface area contributed by atoms with Crippen molar-refractivity contribution in [2.24, 2.45) is 0 Å². The summed E-state index contributed by atoms with van der Waals surface area (Å²) in [5, 5.41) is 11.6. The molecular formula is C30H31FN4O3. The lowest BCUT2D eigenvalue weighted by Gasteiger charge is -2.14. The second-order valence-electron chi connectivity index (χ2n) is 9.67. The third-order valence-corrected chi connectivity index (χ3v) is 6.84. The number of hydrogen-bond acceptors (Lipinski definition) is 4. The second kappa shape index (κ2) is 10.6. The van der Waals surface area contributed by atoms with Crippen LogP contribution >= 0.6 is 0 Å². The van der Waals surface area contributed by atoms with Crippen LogP contribution in [-0.2, 0) is 13.1 Å². The standard InChI is InChI=1S/C30H31FN4O3/c1-19-10-24(31)4-7-28(19)22-11-21(18-34-8-9-35(30(34)32)25-5-6-25)12-23(15-22)29(36)33-17-20-13-26(37-2)16-27(14-20)38-3/h4,7-16,25,32H,5-6,17-18H2,1-3H3,(H,33,36). The van der Waals surface area contributed by atoms with Crippen molar-refractivity contribution in [3.63, 3.8) is 0 Å². The SMILES string of the molecule is COc1cc(CNC(=O)c2cc(Cn3ccn(C4CC4)c3=N)cc(-c3ccc(F)cc3C)c2)cc(OC)c1. The van der Waals surface area contributed by atoms with Crippen LogP contribution in [-0.4, -0.2) is 29.3 Å². The van der Waals surface area contributed by atoms with Gasteiger partial charge in [0, 0.05) is 36.6 Å². The molecule has 0 bridgehead atoms. The van der Waals surface area contributed by atoms with E-state index in [-0.39, 0.29) is 18.3 Å². The number of halogens is 1. The quantitative estimate of drug-likeness (QED) is 0.322. The number of aromatic nitrogens is 2. The van der Waals surface area contributed by atoms with Gasteiger partial charge >= 0.3 is 0 Å². The van der Waals surface area contributed by atoms with E-state index < -0.39 is 0 Å². The molecule has 38 heavy (non-hydrogen) atoms. The third kappa shape index (κ3) is 5.49. The molecule has 3 aromatic carbocycles. The summed E-state index contributed by atoms with van der Waals surface area (Å²) in [5.74, 6) is 0.753. The lowest BCUT2D eigenvalue weighted by molar-refractivity contribution is 0.0950. The van der Waals surface area contributed by atoms with Crippen LogP contribution in [0.1, 0.15) is 45.9 Å². The molecule has 1 fully saturated rings. The number of amides is 1. The molecule has 7 nitrogen and oxygen atoms in total. The number of nitrogens with one attached hydrogen (secondary N) is 2. The van der Waals surface area contributed by atoms with Crippen LogP contribution in [0.4, 0.5) is 4.39 Å². The Morgan fingerprint density at radius 2 is 1.74 bits per heavy atom. The predicted octanol–water partition coefficient (Wildman–Crippen LogP) is 5.21. The van der Waals surface area contributed by atoms with Crippen LogP contribution in [0.3, 0.4) is 0 Å². The fourth-order valence-electron chi connectivity index (χ4n) is 4.69. The number of carbonyl (C=O) groups excluding carboxylic acids is 1. The highest BCUT2D eigenvalue weighted by Gasteiger charge is 2.24. The van der Waals surface area contributed by atoms with E-state index in [1.807, 2.05) is 58.8 Å². The largest absolute Gasteiger partial charge is 0.497 e. The van der Waals surface area contributed by atoms with Crippen molar-refractivity contribution in [2.75, 3.05) is 14.2 Å². The van der Waals surface area contributed by atoms with Gasteiger partial charge in [-0.25, -0.2) is 4.39 Å². The zero-order chi connectivity index (χ0) is 26.8. The second-order valence-corrected chi connectivity index (χ2v) is 9.67. The van der Waals surface area contributed by atoms with E-state index in [9.17, 15) is 9.18 Å². The van der Waals surface area contributed by atoms with Crippen molar-refractivity contribution in [3.8, 4) is 22.6 Å². The minimum absolute atomic E-state index is 0.235. The minimum Gasteiger partial charge on any atom is -0.497 e. The first kappa shape index (κ1) is 25.3. The lowest BCUT2D eigenvalue weighted by Crippen LogP contribution is -2.25. The monoisotopic (exact) mass is 514 g/mol. The summed E-state index contributed by atoms with van der Waals surface area (Å²) < 4.78 is 28.4. The van der Waals surface area contributed by atoms with E-state index in [0.29, 0.717) is 35.3 Å². The van der Waals surface area contributed by atoms with Gasteiger partial charge in [0.15, 0.2) is 0 Å². The molecule has 0 spiro atoms. The molecule has 8 heteroatoms. The Balaban J connectivity index is 1.46. The van der Waals surface area contributed by atoms with E-state index >= 15 is 0 Å². The molecule has 1 aliphatic rings. The first-order chi connectivity index (χ1) is 18.3. The summed E-state index contributed by atoms with van der Waals surface area (Å²) in [5.41, 5.74) is 5.11. The highest BCUT2D eigenvalue weighted by Crippen LogP contribution is 2.33. The Morgan fingerprint density at radius 1 is 1.00 bits per heavy atom. The molecule has 0 unspecified atom stereocenters. The Bertz CT molecular complexity index is 1530. The summed E-state index contributed by atoms with van der Waals surface area (Å²) >= 11 is 0. The van der Waals surface area contributed by atoms with Gasteiger partial charge in [0.1, 0.15) is 17.3 Å². The van der Waals surface area contributed by atoms with Crippen LogP contribution in [0.2, 0.25) is 0 Å². The third-order valence-electron chi connectivity index (χ3n) is 6.84. The zero-order valence-corrected chi connectivity index (χ0v) is 21.8. The maximum atomic E-state index is 13.8. The summed E-state index contributed by atoms with van der Waals surface area (Å²) in [6.45, 7) is 2.59. The highest BCUT2D eigenvalue weighted by molar-refractivity contribution is 5.95. The first-order valence-electron chi connectivity index (χ1n) is 12.6. The van der Waals surface area contributed by atoms with E-state index in [1.165, 1.54) is 12.1 Å². The molecule has 4 aromatic rings. The van der Waals surface area contributed by atoms with Gasteiger partial charge < -0.3 is 23.9 Å². The molecule has 1 saturated carbocycles. The molecule has 0 saturated heterocycles. The Hall–Kier alpha value is -4.33. The fourth-order valence-corrected chi connectivity index (χ4v) is 4.69. The average molecular weight is 515 g/mol. The van der Waals surface area contributed by atoms with Crippen molar-refractivity contribution in [3.05, 3.63) is 101 Å². The summed E-state index contributed by atoms with van der Waals surface area (Å²) in [7, 11) is 3.17. The molecule has 2 N–H and O–H groups in total. The van der Waals surface area contributed by atoms with Crippen molar-refractivity contribution in [1.29, 1.82) is 5.41 Å². The molecule has 0 atom stereocenters. The maximum Gasteiger partial charge on any atom is 0.251 e. The molecule has 1 aromatic heterocycles. The first-order valence-corrected chi connectivity index (χ1v) is 12.6. The topological polar surface area (TPSA) is 81.3 Å². The minimum atomic E-state index is -0.301. The van der Waals surface area contributed by atoms with Crippen molar-refractivity contribution >= 4 is 5.91 Å². The Kier molecular flexibility index (Phi) is 7.05. The summed E-state index contributed by atoms with van der Waals surface area (Å²) in [6.07, 6.45) is 6.06. The van der Waals surface area contributed by atoms with Crippen LogP contribution < -0.4 is 20.4 Å². The normalized spacial score (nSPS) is 12.8. The van der Waals surface area contributed by atoms with Crippen LogP contribution in [0.25, 0.3) is 11.1 Å². The van der Waals surface area contributed by atoms with Crippen LogP contribution in [0, 0.1) is 18.2 Å². The van der Waals surface area contributed by atoms with E-state index in [2.05, 4.69) is 5.32 Å². The van der Waals surface area contributed by atoms with E-state index in [4.69, 9.17) is 14.9 Å². The molecular weight excluding hydrogens is 483 g/mol. The van der Waals surface area contributed by atoms with Gasteiger partial charge in [-0.15, -0.1) is 0 Å². The number of rotatable bonds is 9. The van der Waals surface area contributed by atoms with Gasteiger partial charge in [0.05, 0.1) is 20.8 Å². The molecule has 1 heterocycles. The van der Waals surface area contributed by atoms with E-state index in [0.717, 1.165) is 40.7 Å². The molecule has 1 aliphatic carbocycles. The smallest absolute Gasteiger partial charge is 0.251 e. The average Bonchev–Trinajstić information content (AvgIpc) is 3.70. The number of hydrogen-bond donors (Lipinski definition) is 2. The van der Waals surface area contributed by atoms with Gasteiger partial charge in [0.2, 0.25) is 5.62 Å². The zero-order valence-electron chi connectivity index (χ0n) is 21.8. The number of nitrogens with zero attached hydrogens (tertiary/aromatic N) is 2. The van der Waals surface area contributed by atoms with Gasteiger partial charge in [0.25, 0.3) is 5.91 Å². The lowest BCUT2D eigenvalue weighted by atomic mass is 9.96. The Morgan fingerprint density at radius 3 is 2.39 bits per heavy atom. The number of ether oxygens (including phenoxy) is 2. The van der Waals surface area contributed by atoms with Crippen LogP contribution in [0.5, 0.6) is 11.5 Å². The fraction of sp³-hybridized carbons (Fsp3) is 0.267. The van der Waals surface area contributed by atoms with Gasteiger partial charge in [-0.1, -0.05) is 6.07 Å². The Labute approximate surface area is 221 Å². The number of aryl methyl sites for hydroxylation is 1.